The Morgan fingerprint density at radius 1 is 1.46 bits per heavy atom. The van der Waals surface area contributed by atoms with Gasteiger partial charge in [0.05, 0.1) is 6.10 Å². The Balaban J connectivity index is 3.58. The highest BCUT2D eigenvalue weighted by Gasteiger charge is 2.11. The van der Waals surface area contributed by atoms with Crippen molar-refractivity contribution in [2.75, 3.05) is 6.54 Å². The molecule has 0 aliphatic carbocycles. The van der Waals surface area contributed by atoms with Crippen LogP contribution in [0.3, 0.4) is 0 Å². The van der Waals surface area contributed by atoms with Gasteiger partial charge in [0.25, 0.3) is 0 Å². The van der Waals surface area contributed by atoms with Crippen molar-refractivity contribution < 1.29 is 9.90 Å². The highest BCUT2D eigenvalue weighted by Crippen LogP contribution is 1.98. The van der Waals surface area contributed by atoms with E-state index >= 15 is 0 Å². The molecule has 4 N–H and O–H groups in total. The van der Waals surface area contributed by atoms with Crippen LogP contribution in [0, 0.1) is 5.92 Å². The number of nitrogens with two attached hydrogens (primary N) is 1. The molecule has 0 aromatic carbocycles. The van der Waals surface area contributed by atoms with Gasteiger partial charge in [-0.1, -0.05) is 13.8 Å². The predicted octanol–water partition coefficient (Wildman–Crippen LogP) is -0.143. The van der Waals surface area contributed by atoms with E-state index in [1.54, 1.807) is 6.92 Å². The molecule has 0 saturated heterocycles. The smallest absolute Gasteiger partial charge is 0.220 e. The zero-order valence-electron chi connectivity index (χ0n) is 8.58. The molecule has 13 heavy (non-hydrogen) atoms. The Bertz CT molecular complexity index is 158. The summed E-state index contributed by atoms with van der Waals surface area (Å²) in [5.74, 6) is 0.342. The minimum absolute atomic E-state index is 0.00824. The van der Waals surface area contributed by atoms with E-state index in [1.807, 2.05) is 13.8 Å². The van der Waals surface area contributed by atoms with E-state index in [2.05, 4.69) is 5.32 Å². The van der Waals surface area contributed by atoms with Gasteiger partial charge in [0.15, 0.2) is 0 Å². The summed E-state index contributed by atoms with van der Waals surface area (Å²) in [6, 6.07) is -0.379. The van der Waals surface area contributed by atoms with Crippen molar-refractivity contribution in [3.05, 3.63) is 0 Å². The quantitative estimate of drug-likeness (QED) is 0.562. The number of hydrogen-bond donors (Lipinski definition) is 3. The van der Waals surface area contributed by atoms with Gasteiger partial charge in [0.2, 0.25) is 5.91 Å². The number of nitrogens with one attached hydrogen (secondary N) is 1. The van der Waals surface area contributed by atoms with Crippen molar-refractivity contribution in [3.63, 3.8) is 0 Å². The molecule has 0 saturated carbocycles. The summed E-state index contributed by atoms with van der Waals surface area (Å²) in [6.07, 6.45) is -0.0775. The third kappa shape index (κ3) is 6.54. The Morgan fingerprint density at radius 2 is 2.00 bits per heavy atom. The number of amides is 1. The molecule has 4 heteroatoms. The van der Waals surface area contributed by atoms with Gasteiger partial charge in [-0.25, -0.2) is 0 Å². The second-order valence-electron chi connectivity index (χ2n) is 3.81. The van der Waals surface area contributed by atoms with Crippen LogP contribution in [0.5, 0.6) is 0 Å². The van der Waals surface area contributed by atoms with Crippen LogP contribution in [0.2, 0.25) is 0 Å². The Kier molecular flexibility index (Phi) is 5.66. The molecule has 0 fully saturated rings. The van der Waals surface area contributed by atoms with E-state index in [-0.39, 0.29) is 11.9 Å². The first-order valence-corrected chi connectivity index (χ1v) is 4.63. The summed E-state index contributed by atoms with van der Waals surface area (Å²) in [5.41, 5.74) is 5.53. The summed E-state index contributed by atoms with van der Waals surface area (Å²) in [6.45, 7) is 5.91. The molecule has 0 spiro atoms. The van der Waals surface area contributed by atoms with Gasteiger partial charge < -0.3 is 16.2 Å². The standard InChI is InChI=1S/C9H20N2O2/c1-6(2)4-9(13)11-5-8(10)7(3)12/h6-8,12H,4-5,10H2,1-3H3,(H,11,13). The van der Waals surface area contributed by atoms with Crippen LogP contribution < -0.4 is 11.1 Å². The molecule has 2 unspecified atom stereocenters. The number of hydrogen-bond acceptors (Lipinski definition) is 3. The lowest BCUT2D eigenvalue weighted by atomic mass is 10.1. The van der Waals surface area contributed by atoms with E-state index in [9.17, 15) is 4.79 Å². The van der Waals surface area contributed by atoms with Crippen LogP contribution in [0.25, 0.3) is 0 Å². The van der Waals surface area contributed by atoms with E-state index in [0.717, 1.165) is 0 Å². The lowest BCUT2D eigenvalue weighted by molar-refractivity contribution is -0.121. The lowest BCUT2D eigenvalue weighted by Crippen LogP contribution is -2.43. The predicted molar refractivity (Wildman–Crippen MR) is 52.1 cm³/mol. The Hall–Kier alpha value is -0.610. The molecular formula is C9H20N2O2. The number of carbonyl (C=O) groups is 1. The minimum atomic E-state index is -0.584. The second-order valence-corrected chi connectivity index (χ2v) is 3.81. The highest BCUT2D eigenvalue weighted by molar-refractivity contribution is 5.76. The first kappa shape index (κ1) is 12.4. The van der Waals surface area contributed by atoms with Crippen LogP contribution in [0.4, 0.5) is 0 Å². The first-order chi connectivity index (χ1) is 5.93. The van der Waals surface area contributed by atoms with Crippen molar-refractivity contribution in [3.8, 4) is 0 Å². The molecule has 2 atom stereocenters. The Morgan fingerprint density at radius 3 is 2.38 bits per heavy atom. The van der Waals surface area contributed by atoms with Crippen LogP contribution >= 0.6 is 0 Å². The number of carbonyl (C=O) groups excluding carboxylic acids is 1. The Labute approximate surface area is 79.5 Å². The molecule has 0 rings (SSSR count). The summed E-state index contributed by atoms with van der Waals surface area (Å²) >= 11 is 0. The van der Waals surface area contributed by atoms with Gasteiger partial charge in [0, 0.05) is 19.0 Å². The fourth-order valence-electron chi connectivity index (χ4n) is 0.845. The van der Waals surface area contributed by atoms with Crippen LogP contribution in [-0.4, -0.2) is 29.7 Å². The van der Waals surface area contributed by atoms with Crippen molar-refractivity contribution in [1.29, 1.82) is 0 Å². The molecular weight excluding hydrogens is 168 g/mol. The maximum Gasteiger partial charge on any atom is 0.220 e. The fraction of sp³-hybridized carbons (Fsp3) is 0.889. The molecule has 0 aliphatic rings. The highest BCUT2D eigenvalue weighted by atomic mass is 16.3. The van der Waals surface area contributed by atoms with Gasteiger partial charge in [-0.05, 0) is 12.8 Å². The zero-order chi connectivity index (χ0) is 10.4. The summed E-state index contributed by atoms with van der Waals surface area (Å²) in [7, 11) is 0. The first-order valence-electron chi connectivity index (χ1n) is 4.63. The SMILES string of the molecule is CC(C)CC(=O)NCC(N)C(C)O. The van der Waals surface area contributed by atoms with Crippen molar-refractivity contribution in [2.24, 2.45) is 11.7 Å². The van der Waals surface area contributed by atoms with Crippen molar-refractivity contribution in [2.45, 2.75) is 39.3 Å². The molecule has 0 bridgehead atoms. The van der Waals surface area contributed by atoms with Gasteiger partial charge in [-0.3, -0.25) is 4.79 Å². The zero-order valence-corrected chi connectivity index (χ0v) is 8.58. The lowest BCUT2D eigenvalue weighted by Gasteiger charge is -2.15. The maximum absolute atomic E-state index is 11.1. The van der Waals surface area contributed by atoms with E-state index in [0.29, 0.717) is 18.9 Å². The van der Waals surface area contributed by atoms with Gasteiger partial charge >= 0.3 is 0 Å². The molecule has 78 valence electrons. The summed E-state index contributed by atoms with van der Waals surface area (Å²) in [5, 5.41) is 11.7. The normalized spacial score (nSPS) is 15.5. The van der Waals surface area contributed by atoms with E-state index < -0.39 is 6.10 Å². The monoisotopic (exact) mass is 188 g/mol. The van der Waals surface area contributed by atoms with E-state index in [1.165, 1.54) is 0 Å². The largest absolute Gasteiger partial charge is 0.392 e. The summed E-state index contributed by atoms with van der Waals surface area (Å²) < 4.78 is 0. The molecule has 0 aromatic heterocycles. The van der Waals surface area contributed by atoms with Gasteiger partial charge in [0.1, 0.15) is 0 Å². The topological polar surface area (TPSA) is 75.4 Å². The van der Waals surface area contributed by atoms with Crippen LogP contribution in [0.15, 0.2) is 0 Å². The maximum atomic E-state index is 11.1. The van der Waals surface area contributed by atoms with Crippen molar-refractivity contribution >= 4 is 5.91 Å². The molecule has 4 nitrogen and oxygen atoms in total. The van der Waals surface area contributed by atoms with Crippen LogP contribution in [-0.2, 0) is 4.79 Å². The molecule has 0 aromatic rings. The molecule has 0 radical (unpaired) electrons. The number of aliphatic hydroxyl groups is 1. The van der Waals surface area contributed by atoms with Crippen LogP contribution in [0.1, 0.15) is 27.2 Å². The minimum Gasteiger partial charge on any atom is -0.392 e. The fourth-order valence-corrected chi connectivity index (χ4v) is 0.845. The molecule has 0 heterocycles. The second kappa shape index (κ2) is 5.94. The van der Waals surface area contributed by atoms with E-state index in [4.69, 9.17) is 10.8 Å². The third-order valence-electron chi connectivity index (χ3n) is 1.75. The molecule has 0 aliphatic heterocycles. The summed E-state index contributed by atoms with van der Waals surface area (Å²) in [4.78, 5) is 11.1. The van der Waals surface area contributed by atoms with Crippen molar-refractivity contribution in [1.82, 2.24) is 5.32 Å². The molecule has 1 amide bonds. The average Bonchev–Trinajstić information content (AvgIpc) is 1.98. The average molecular weight is 188 g/mol. The number of rotatable bonds is 5. The van der Waals surface area contributed by atoms with Gasteiger partial charge in [-0.15, -0.1) is 0 Å². The number of aliphatic hydroxyl groups excluding tert-OH is 1. The van der Waals surface area contributed by atoms with Gasteiger partial charge in [-0.2, -0.15) is 0 Å². The third-order valence-corrected chi connectivity index (χ3v) is 1.75.